The molecule has 11 nitrogen and oxygen atoms in total. The number of ether oxygens (including phenoxy) is 3. The van der Waals surface area contributed by atoms with Crippen molar-refractivity contribution in [3.63, 3.8) is 0 Å². The number of amides is 2. The molecule has 0 aliphatic rings. The number of carbonyl (C=O) groups excluding carboxylic acids is 2. The molecule has 0 aromatic heterocycles. The highest BCUT2D eigenvalue weighted by molar-refractivity contribution is 7.98. The van der Waals surface area contributed by atoms with Gasteiger partial charge in [0.1, 0.15) is 11.6 Å². The van der Waals surface area contributed by atoms with Crippen molar-refractivity contribution < 1.29 is 29.0 Å². The van der Waals surface area contributed by atoms with Crippen molar-refractivity contribution in [2.45, 2.75) is 231 Å². The summed E-state index contributed by atoms with van der Waals surface area (Å²) in [6, 6.07) is 6.93. The Morgan fingerprint density at radius 1 is 0.738 bits per heavy atom. The molecule has 2 atom stereocenters. The van der Waals surface area contributed by atoms with Crippen LogP contribution in [0.25, 0.3) is 0 Å². The second kappa shape index (κ2) is 38.0. The first-order valence-electron chi connectivity index (χ1n) is 24.4. The molecule has 0 aliphatic carbocycles. The quantitative estimate of drug-likeness (QED) is 0.0167. The summed E-state index contributed by atoms with van der Waals surface area (Å²) in [6.45, 7) is 13.9. The highest BCUT2D eigenvalue weighted by Gasteiger charge is 2.25. The number of nitrogens with zero attached hydrogens (tertiary/aromatic N) is 2. The lowest BCUT2D eigenvalue weighted by Gasteiger charge is -2.25. The number of hydroxylamine groups is 2. The fraction of sp³-hybridized carbons (Fsp3) is 0.816. The summed E-state index contributed by atoms with van der Waals surface area (Å²) in [6.07, 6.45) is 30.4. The van der Waals surface area contributed by atoms with Crippen molar-refractivity contribution in [3.8, 4) is 0 Å². The maximum Gasteiger partial charge on any atom is 0.408 e. The minimum atomic E-state index is -0.901. The van der Waals surface area contributed by atoms with E-state index in [1.165, 1.54) is 128 Å². The van der Waals surface area contributed by atoms with E-state index in [1.54, 1.807) is 20.8 Å². The molecule has 5 N–H and O–H groups in total. The first-order valence-corrected chi connectivity index (χ1v) is 25.2. The number of hydrogen-bond donors (Lipinski definition) is 4. The van der Waals surface area contributed by atoms with Gasteiger partial charge in [0, 0.05) is 43.1 Å². The van der Waals surface area contributed by atoms with E-state index in [2.05, 4.69) is 28.9 Å². The second-order valence-electron chi connectivity index (χ2n) is 17.9. The third-order valence-corrected chi connectivity index (χ3v) is 11.5. The van der Waals surface area contributed by atoms with E-state index in [9.17, 15) is 14.8 Å². The first-order chi connectivity index (χ1) is 29.4. The fourth-order valence-electron chi connectivity index (χ4n) is 6.98. The molecule has 61 heavy (non-hydrogen) atoms. The minimum Gasteiger partial charge on any atom is -0.444 e. The van der Waals surface area contributed by atoms with Gasteiger partial charge in [0.05, 0.1) is 12.7 Å². The molecule has 0 saturated carbocycles. The van der Waals surface area contributed by atoms with Crippen LogP contribution in [0.3, 0.4) is 0 Å². The normalized spacial score (nSPS) is 12.9. The van der Waals surface area contributed by atoms with Gasteiger partial charge in [-0.05, 0) is 65.5 Å². The molecular formula is C49H91N5O6S. The Morgan fingerprint density at radius 2 is 1.21 bits per heavy atom. The van der Waals surface area contributed by atoms with Gasteiger partial charge in [-0.15, -0.1) is 0 Å². The lowest BCUT2D eigenvalue weighted by atomic mass is 10.1. The molecule has 1 rings (SSSR count). The SMILES string of the molecule is CCCCCCCCCCCCCCOCC(CNC(=O)C(CCCN(O)C(N)=NSc1ccc(C)cc1)NC(=O)OC(C)(C)C)OCCCCCCCCCCCCCC. The van der Waals surface area contributed by atoms with Gasteiger partial charge in [-0.2, -0.15) is 4.40 Å². The highest BCUT2D eigenvalue weighted by atomic mass is 32.2. The van der Waals surface area contributed by atoms with Gasteiger partial charge in [-0.25, -0.2) is 9.86 Å². The molecule has 1 aromatic carbocycles. The van der Waals surface area contributed by atoms with Gasteiger partial charge in [0.15, 0.2) is 0 Å². The molecule has 12 heteroatoms. The molecular weight excluding hydrogens is 787 g/mol. The average molecular weight is 878 g/mol. The molecule has 0 saturated heterocycles. The lowest BCUT2D eigenvalue weighted by molar-refractivity contribution is -0.124. The highest BCUT2D eigenvalue weighted by Crippen LogP contribution is 2.20. The van der Waals surface area contributed by atoms with E-state index < -0.39 is 17.7 Å². The molecule has 354 valence electrons. The van der Waals surface area contributed by atoms with Crippen LogP contribution in [-0.2, 0) is 19.0 Å². The molecule has 1 aromatic rings. The maximum absolute atomic E-state index is 13.6. The summed E-state index contributed by atoms with van der Waals surface area (Å²) < 4.78 is 22.1. The summed E-state index contributed by atoms with van der Waals surface area (Å²) in [7, 11) is 0. The lowest BCUT2D eigenvalue weighted by Crippen LogP contribution is -2.50. The van der Waals surface area contributed by atoms with E-state index in [1.807, 2.05) is 31.2 Å². The number of benzene rings is 1. The molecule has 0 spiro atoms. The number of rotatable bonds is 39. The summed E-state index contributed by atoms with van der Waals surface area (Å²) in [5.41, 5.74) is 6.44. The fourth-order valence-corrected chi connectivity index (χ4v) is 7.53. The van der Waals surface area contributed by atoms with Crippen LogP contribution in [0.2, 0.25) is 0 Å². The number of hydrogen-bond acceptors (Lipinski definition) is 8. The molecule has 0 bridgehead atoms. The van der Waals surface area contributed by atoms with Crippen molar-refractivity contribution in [2.75, 3.05) is 32.9 Å². The summed E-state index contributed by atoms with van der Waals surface area (Å²) in [4.78, 5) is 27.3. The number of aryl methyl sites for hydroxylation is 1. The summed E-state index contributed by atoms with van der Waals surface area (Å²) in [5, 5.41) is 17.2. The van der Waals surface area contributed by atoms with E-state index in [0.717, 1.165) is 53.2 Å². The molecule has 2 unspecified atom stereocenters. The summed E-state index contributed by atoms with van der Waals surface area (Å²) >= 11 is 1.16. The Bertz CT molecular complexity index is 1230. The van der Waals surface area contributed by atoms with Crippen LogP contribution in [0.4, 0.5) is 4.79 Å². The predicted molar refractivity (Wildman–Crippen MR) is 255 cm³/mol. The number of guanidine groups is 1. The molecule has 0 radical (unpaired) electrons. The van der Waals surface area contributed by atoms with Crippen LogP contribution >= 0.6 is 11.9 Å². The van der Waals surface area contributed by atoms with E-state index in [4.69, 9.17) is 19.9 Å². The van der Waals surface area contributed by atoms with Crippen LogP contribution in [0, 0.1) is 6.92 Å². The van der Waals surface area contributed by atoms with Gasteiger partial charge in [0.25, 0.3) is 0 Å². The third kappa shape index (κ3) is 34.6. The van der Waals surface area contributed by atoms with Crippen molar-refractivity contribution in [1.29, 1.82) is 0 Å². The van der Waals surface area contributed by atoms with Gasteiger partial charge in [-0.1, -0.05) is 173 Å². The molecule has 2 amide bonds. The van der Waals surface area contributed by atoms with E-state index in [0.29, 0.717) is 26.2 Å². The Labute approximate surface area is 377 Å². The average Bonchev–Trinajstić information content (AvgIpc) is 3.22. The second-order valence-corrected chi connectivity index (χ2v) is 18.7. The van der Waals surface area contributed by atoms with Crippen LogP contribution in [-0.4, -0.2) is 78.9 Å². The standard InChI is InChI=1S/C49H91N5O6S/c1-7-9-11-13-15-17-19-21-23-25-27-29-38-58-41-43(59-39-30-28-26-24-22-20-18-16-14-12-10-8-2)40-51-46(55)45(52-48(56)60-49(4,5)6)32-31-37-54(57)47(50)53-61-44-35-33-42(3)34-36-44/h33-36,43,45,57H,7-32,37-41H2,1-6H3,(H2,50,53)(H,51,55)(H,52,56). The van der Waals surface area contributed by atoms with Crippen LogP contribution in [0.1, 0.15) is 207 Å². The van der Waals surface area contributed by atoms with E-state index >= 15 is 0 Å². The number of nitrogens with one attached hydrogen (secondary N) is 2. The predicted octanol–water partition coefficient (Wildman–Crippen LogP) is 12.6. The zero-order valence-corrected chi connectivity index (χ0v) is 40.6. The third-order valence-electron chi connectivity index (χ3n) is 10.7. The Hall–Kier alpha value is -2.54. The van der Waals surface area contributed by atoms with Gasteiger partial charge in [0.2, 0.25) is 11.9 Å². The van der Waals surface area contributed by atoms with E-state index in [-0.39, 0.29) is 37.5 Å². The van der Waals surface area contributed by atoms with Crippen molar-refractivity contribution >= 4 is 29.9 Å². The zero-order chi connectivity index (χ0) is 44.8. The van der Waals surface area contributed by atoms with Crippen molar-refractivity contribution in [3.05, 3.63) is 29.8 Å². The topological polar surface area (TPSA) is 148 Å². The van der Waals surface area contributed by atoms with Crippen molar-refractivity contribution in [1.82, 2.24) is 15.7 Å². The van der Waals surface area contributed by atoms with Crippen LogP contribution in [0.15, 0.2) is 33.6 Å². The molecule has 0 fully saturated rings. The Balaban J connectivity index is 2.66. The van der Waals surface area contributed by atoms with Crippen LogP contribution in [0.5, 0.6) is 0 Å². The van der Waals surface area contributed by atoms with Gasteiger partial charge < -0.3 is 30.6 Å². The number of nitrogens with two attached hydrogens (primary N) is 1. The largest absolute Gasteiger partial charge is 0.444 e. The van der Waals surface area contributed by atoms with Gasteiger partial charge in [-0.3, -0.25) is 10.0 Å². The Morgan fingerprint density at radius 3 is 1.70 bits per heavy atom. The minimum absolute atomic E-state index is 0.0525. The number of alkyl carbamates (subject to hydrolysis) is 1. The maximum atomic E-state index is 13.6. The number of carbonyl (C=O) groups is 2. The smallest absolute Gasteiger partial charge is 0.408 e. The zero-order valence-electron chi connectivity index (χ0n) is 39.8. The monoisotopic (exact) mass is 878 g/mol. The first kappa shape index (κ1) is 56.5. The van der Waals surface area contributed by atoms with Gasteiger partial charge >= 0.3 is 6.09 Å². The van der Waals surface area contributed by atoms with Crippen LogP contribution < -0.4 is 16.4 Å². The number of unbranched alkanes of at least 4 members (excludes halogenated alkanes) is 22. The summed E-state index contributed by atoms with van der Waals surface area (Å²) in [5.74, 6) is -0.407. The Kier molecular flexibility index (Phi) is 35.1. The van der Waals surface area contributed by atoms with Crippen molar-refractivity contribution in [2.24, 2.45) is 10.1 Å². The molecule has 0 aliphatic heterocycles. The molecule has 0 heterocycles.